The maximum atomic E-state index is 13.6. The summed E-state index contributed by atoms with van der Waals surface area (Å²) in [5.74, 6) is 1.19. The molecule has 1 atom stereocenters. The highest BCUT2D eigenvalue weighted by Gasteiger charge is 2.33. The molecule has 5 rings (SSSR count). The van der Waals surface area contributed by atoms with Crippen LogP contribution < -0.4 is 10.1 Å². The lowest BCUT2D eigenvalue weighted by molar-refractivity contribution is 0.102. The van der Waals surface area contributed by atoms with Crippen molar-refractivity contribution in [3.63, 3.8) is 0 Å². The number of carbonyl (C=O) groups is 1. The number of nitrogens with one attached hydrogen (secondary N) is 1. The molecule has 1 N–H and O–H groups in total. The van der Waals surface area contributed by atoms with Gasteiger partial charge in [0.25, 0.3) is 5.91 Å². The van der Waals surface area contributed by atoms with Crippen molar-refractivity contribution in [2.75, 3.05) is 5.32 Å². The second kappa shape index (κ2) is 12.2. The minimum Gasteiger partial charge on any atom is -0.489 e. The molecule has 7 heteroatoms. The third kappa shape index (κ3) is 6.77. The van der Waals surface area contributed by atoms with Crippen LogP contribution in [0.25, 0.3) is 0 Å². The molecule has 0 fully saturated rings. The molecule has 40 heavy (non-hydrogen) atoms. The van der Waals surface area contributed by atoms with Crippen molar-refractivity contribution < 1.29 is 9.53 Å². The lowest BCUT2D eigenvalue weighted by atomic mass is 9.72. The number of nitrogens with zero attached hydrogens (tertiary/aromatic N) is 1. The van der Waals surface area contributed by atoms with Crippen LogP contribution in [0.2, 0.25) is 10.0 Å². The Kier molecular flexibility index (Phi) is 8.65. The van der Waals surface area contributed by atoms with Crippen LogP contribution >= 0.6 is 34.5 Å². The standard InChI is InChI=1S/C33H32Cl2N2O2S/c1-33(2,3)23-10-17-27-29(18-23)40-32(30(27)31(38)37-25-13-11-24(34)12-14-25)36-19-21-8-15-26(16-9-21)39-20-22-6-4-5-7-28(22)35/h4-9,11-16,19,23H,10,17-18,20H2,1-3H3,(H,37,38)/t23-/m1/s1. The highest BCUT2D eigenvalue weighted by atomic mass is 35.5. The number of anilines is 1. The molecule has 1 amide bonds. The van der Waals surface area contributed by atoms with Gasteiger partial charge in [0.15, 0.2) is 0 Å². The molecule has 0 bridgehead atoms. The van der Waals surface area contributed by atoms with E-state index in [9.17, 15) is 4.79 Å². The van der Waals surface area contributed by atoms with Crippen molar-refractivity contribution in [3.05, 3.63) is 110 Å². The number of amides is 1. The zero-order valence-electron chi connectivity index (χ0n) is 22.8. The highest BCUT2D eigenvalue weighted by Crippen LogP contribution is 2.45. The number of aliphatic imine (C=N–C) groups is 1. The third-order valence-electron chi connectivity index (χ3n) is 7.36. The van der Waals surface area contributed by atoms with Gasteiger partial charge in [-0.1, -0.05) is 62.2 Å². The first-order valence-corrected chi connectivity index (χ1v) is 15.0. The van der Waals surface area contributed by atoms with Crippen LogP contribution in [0.1, 0.15) is 59.1 Å². The summed E-state index contributed by atoms with van der Waals surface area (Å²) in [6.07, 6.45) is 4.73. The molecular formula is C33H32Cl2N2O2S. The summed E-state index contributed by atoms with van der Waals surface area (Å²) in [5, 5.41) is 5.11. The smallest absolute Gasteiger partial charge is 0.259 e. The van der Waals surface area contributed by atoms with Gasteiger partial charge < -0.3 is 10.1 Å². The molecule has 1 aliphatic carbocycles. The van der Waals surface area contributed by atoms with E-state index >= 15 is 0 Å². The average molecular weight is 592 g/mol. The molecule has 3 aromatic carbocycles. The van der Waals surface area contributed by atoms with Gasteiger partial charge in [-0.15, -0.1) is 11.3 Å². The van der Waals surface area contributed by atoms with Gasteiger partial charge >= 0.3 is 0 Å². The minimum atomic E-state index is -0.135. The molecule has 1 aromatic heterocycles. The van der Waals surface area contributed by atoms with E-state index in [2.05, 4.69) is 26.1 Å². The van der Waals surface area contributed by atoms with Crippen LogP contribution in [0.3, 0.4) is 0 Å². The fraction of sp³-hybridized carbons (Fsp3) is 0.273. The van der Waals surface area contributed by atoms with E-state index in [-0.39, 0.29) is 11.3 Å². The van der Waals surface area contributed by atoms with E-state index in [4.69, 9.17) is 32.9 Å². The van der Waals surface area contributed by atoms with Crippen molar-refractivity contribution in [2.45, 2.75) is 46.6 Å². The first kappa shape index (κ1) is 28.4. The van der Waals surface area contributed by atoms with Gasteiger partial charge in [-0.05, 0) is 96.3 Å². The molecule has 0 saturated heterocycles. The molecule has 0 unspecified atom stereocenters. The highest BCUT2D eigenvalue weighted by molar-refractivity contribution is 7.16. The SMILES string of the molecule is CC(C)(C)[C@@H]1CCc2c(sc(N=Cc3ccc(OCc4ccccc4Cl)cc3)c2C(=O)Nc2ccc(Cl)cc2)C1. The van der Waals surface area contributed by atoms with E-state index in [0.29, 0.717) is 33.8 Å². The van der Waals surface area contributed by atoms with Gasteiger partial charge in [0.05, 0.1) is 5.56 Å². The Morgan fingerprint density at radius 2 is 1.77 bits per heavy atom. The molecule has 0 spiro atoms. The Labute approximate surface area is 250 Å². The van der Waals surface area contributed by atoms with Gasteiger partial charge in [0, 0.05) is 32.4 Å². The Balaban J connectivity index is 1.37. The summed E-state index contributed by atoms with van der Waals surface area (Å²) in [6, 6.07) is 22.6. The van der Waals surface area contributed by atoms with Crippen LogP contribution in [-0.4, -0.2) is 12.1 Å². The van der Waals surface area contributed by atoms with Gasteiger partial charge in [-0.3, -0.25) is 4.79 Å². The quantitative estimate of drug-likeness (QED) is 0.218. The minimum absolute atomic E-state index is 0.135. The maximum Gasteiger partial charge on any atom is 0.259 e. The fourth-order valence-corrected chi connectivity index (χ4v) is 6.51. The zero-order chi connectivity index (χ0) is 28.3. The molecule has 0 aliphatic heterocycles. The summed E-state index contributed by atoms with van der Waals surface area (Å²) in [6.45, 7) is 7.29. The number of ether oxygens (including phenoxy) is 1. The predicted octanol–water partition coefficient (Wildman–Crippen LogP) is 9.79. The van der Waals surface area contributed by atoms with E-state index < -0.39 is 0 Å². The van der Waals surface area contributed by atoms with Crippen molar-refractivity contribution in [2.24, 2.45) is 16.3 Å². The van der Waals surface area contributed by atoms with Gasteiger partial charge in [0.1, 0.15) is 17.4 Å². The van der Waals surface area contributed by atoms with Crippen LogP contribution in [0.4, 0.5) is 10.7 Å². The molecule has 1 heterocycles. The maximum absolute atomic E-state index is 13.6. The summed E-state index contributed by atoms with van der Waals surface area (Å²) in [5.41, 5.74) is 4.60. The molecular weight excluding hydrogens is 559 g/mol. The number of benzene rings is 3. The van der Waals surface area contributed by atoms with Crippen molar-refractivity contribution >= 4 is 57.3 Å². The lowest BCUT2D eigenvalue weighted by Gasteiger charge is -2.33. The molecule has 4 nitrogen and oxygen atoms in total. The molecule has 1 aliphatic rings. The van der Waals surface area contributed by atoms with E-state index in [1.54, 1.807) is 23.5 Å². The second-order valence-corrected chi connectivity index (χ2v) is 13.1. The average Bonchev–Trinajstić information content (AvgIpc) is 3.31. The first-order valence-electron chi connectivity index (χ1n) is 13.4. The van der Waals surface area contributed by atoms with Crippen LogP contribution in [0, 0.1) is 11.3 Å². The molecule has 0 radical (unpaired) electrons. The molecule has 206 valence electrons. The topological polar surface area (TPSA) is 50.7 Å². The summed E-state index contributed by atoms with van der Waals surface area (Å²) < 4.78 is 5.91. The van der Waals surface area contributed by atoms with E-state index in [1.807, 2.05) is 66.9 Å². The predicted molar refractivity (Wildman–Crippen MR) is 168 cm³/mol. The monoisotopic (exact) mass is 590 g/mol. The van der Waals surface area contributed by atoms with Crippen molar-refractivity contribution in [3.8, 4) is 5.75 Å². The Hall–Kier alpha value is -3.12. The van der Waals surface area contributed by atoms with Crippen molar-refractivity contribution in [1.29, 1.82) is 0 Å². The number of hydrogen-bond acceptors (Lipinski definition) is 4. The fourth-order valence-electron chi connectivity index (χ4n) is 4.92. The number of fused-ring (bicyclic) bond motifs is 1. The Bertz CT molecular complexity index is 1520. The van der Waals surface area contributed by atoms with Gasteiger partial charge in [-0.2, -0.15) is 0 Å². The Morgan fingerprint density at radius 3 is 2.48 bits per heavy atom. The van der Waals surface area contributed by atoms with Crippen molar-refractivity contribution in [1.82, 2.24) is 0 Å². The summed E-state index contributed by atoms with van der Waals surface area (Å²) in [4.78, 5) is 19.7. The number of carbonyl (C=O) groups excluding carboxylic acids is 1. The van der Waals surface area contributed by atoms with Gasteiger partial charge in [-0.25, -0.2) is 4.99 Å². The number of thiophene rings is 1. The van der Waals surface area contributed by atoms with Crippen LogP contribution in [0.15, 0.2) is 77.8 Å². The number of halogens is 2. The lowest BCUT2D eigenvalue weighted by Crippen LogP contribution is -2.27. The second-order valence-electron chi connectivity index (χ2n) is 11.2. The van der Waals surface area contributed by atoms with Crippen LogP contribution in [-0.2, 0) is 19.4 Å². The van der Waals surface area contributed by atoms with E-state index in [0.717, 1.165) is 46.7 Å². The molecule has 4 aromatic rings. The Morgan fingerprint density at radius 1 is 1.05 bits per heavy atom. The number of hydrogen-bond donors (Lipinski definition) is 1. The molecule has 0 saturated carbocycles. The van der Waals surface area contributed by atoms with Gasteiger partial charge in [0.2, 0.25) is 0 Å². The third-order valence-corrected chi connectivity index (χ3v) is 9.15. The largest absolute Gasteiger partial charge is 0.489 e. The zero-order valence-corrected chi connectivity index (χ0v) is 25.2. The number of rotatable bonds is 7. The van der Waals surface area contributed by atoms with Crippen LogP contribution in [0.5, 0.6) is 5.75 Å². The normalized spacial score (nSPS) is 15.2. The summed E-state index contributed by atoms with van der Waals surface area (Å²) in [7, 11) is 0. The van der Waals surface area contributed by atoms with E-state index in [1.165, 1.54) is 4.88 Å². The first-order chi connectivity index (χ1) is 19.2. The summed E-state index contributed by atoms with van der Waals surface area (Å²) >= 11 is 13.9.